The van der Waals surface area contributed by atoms with E-state index >= 15 is 0 Å². The van der Waals surface area contributed by atoms with E-state index in [-0.39, 0.29) is 0 Å². The first kappa shape index (κ1) is 11.0. The highest BCUT2D eigenvalue weighted by molar-refractivity contribution is 7.18. The molecule has 0 bridgehead atoms. The van der Waals surface area contributed by atoms with Crippen LogP contribution in [0, 0.1) is 6.92 Å². The van der Waals surface area contributed by atoms with Crippen LogP contribution in [0.4, 0.5) is 5.69 Å². The molecule has 1 aromatic carbocycles. The van der Waals surface area contributed by atoms with Gasteiger partial charge in [-0.25, -0.2) is 9.97 Å². The molecule has 5 heteroatoms. The van der Waals surface area contributed by atoms with Gasteiger partial charge >= 0.3 is 0 Å². The summed E-state index contributed by atoms with van der Waals surface area (Å²) in [4.78, 5) is 10.5. The van der Waals surface area contributed by atoms with Crippen molar-refractivity contribution in [3.63, 3.8) is 0 Å². The van der Waals surface area contributed by atoms with E-state index in [0.717, 1.165) is 10.2 Å². The van der Waals surface area contributed by atoms with E-state index in [2.05, 4.69) is 9.97 Å². The zero-order valence-electron chi connectivity index (χ0n) is 9.75. The van der Waals surface area contributed by atoms with Crippen molar-refractivity contribution in [2.75, 3.05) is 5.73 Å². The Hall–Kier alpha value is -2.14. The molecule has 0 radical (unpaired) electrons. The molecule has 0 atom stereocenters. The molecule has 0 saturated carbocycles. The van der Waals surface area contributed by atoms with E-state index in [1.54, 1.807) is 17.4 Å². The Morgan fingerprint density at radius 3 is 2.94 bits per heavy atom. The second kappa shape index (κ2) is 4.27. The van der Waals surface area contributed by atoms with Gasteiger partial charge in [0.2, 0.25) is 5.88 Å². The fraction of sp³-hybridized carbons (Fsp3) is 0.0769. The summed E-state index contributed by atoms with van der Waals surface area (Å²) in [7, 11) is 0. The van der Waals surface area contributed by atoms with Crippen molar-refractivity contribution in [3.05, 3.63) is 41.5 Å². The largest absolute Gasteiger partial charge is 0.438 e. The van der Waals surface area contributed by atoms with Crippen molar-refractivity contribution in [2.24, 2.45) is 0 Å². The average molecular weight is 257 g/mol. The van der Waals surface area contributed by atoms with Gasteiger partial charge in [-0.2, -0.15) is 0 Å². The predicted octanol–water partition coefficient (Wildman–Crippen LogP) is 3.37. The molecule has 0 spiro atoms. The Labute approximate surface area is 108 Å². The topological polar surface area (TPSA) is 61.0 Å². The van der Waals surface area contributed by atoms with Crippen LogP contribution in [0.15, 0.2) is 36.7 Å². The van der Waals surface area contributed by atoms with Crippen molar-refractivity contribution in [1.82, 2.24) is 9.97 Å². The number of fused-ring (bicyclic) bond motifs is 1. The van der Waals surface area contributed by atoms with Crippen molar-refractivity contribution < 1.29 is 4.74 Å². The fourth-order valence-corrected chi connectivity index (χ4v) is 2.56. The number of aromatic nitrogens is 2. The van der Waals surface area contributed by atoms with Gasteiger partial charge in [0.1, 0.15) is 16.9 Å². The lowest BCUT2D eigenvalue weighted by molar-refractivity contribution is 0.468. The molecule has 3 aromatic rings. The molecule has 0 aliphatic carbocycles. The molecular weight excluding hydrogens is 246 g/mol. The third-order valence-corrected chi connectivity index (χ3v) is 3.45. The predicted molar refractivity (Wildman–Crippen MR) is 73.1 cm³/mol. The van der Waals surface area contributed by atoms with Crippen LogP contribution in [0.1, 0.15) is 4.88 Å². The Balaban J connectivity index is 2.04. The van der Waals surface area contributed by atoms with Crippen LogP contribution in [0.3, 0.4) is 0 Å². The second-order valence-corrected chi connectivity index (χ2v) is 5.16. The lowest BCUT2D eigenvalue weighted by Gasteiger charge is -2.05. The van der Waals surface area contributed by atoms with E-state index in [9.17, 15) is 0 Å². The molecule has 2 heterocycles. The zero-order valence-corrected chi connectivity index (χ0v) is 10.6. The van der Waals surface area contributed by atoms with Gasteiger partial charge < -0.3 is 10.5 Å². The minimum absolute atomic E-state index is 0.565. The Morgan fingerprint density at radius 2 is 2.11 bits per heavy atom. The summed E-state index contributed by atoms with van der Waals surface area (Å²) in [6, 6.07) is 9.32. The summed E-state index contributed by atoms with van der Waals surface area (Å²) in [5.41, 5.74) is 6.38. The third-order valence-electron chi connectivity index (χ3n) is 2.49. The number of benzene rings is 1. The van der Waals surface area contributed by atoms with Crippen molar-refractivity contribution in [3.8, 4) is 11.6 Å². The van der Waals surface area contributed by atoms with E-state index in [1.807, 2.05) is 31.2 Å². The zero-order chi connectivity index (χ0) is 12.5. The molecule has 0 unspecified atom stereocenters. The lowest BCUT2D eigenvalue weighted by atomic mass is 10.3. The van der Waals surface area contributed by atoms with Crippen LogP contribution >= 0.6 is 11.3 Å². The summed E-state index contributed by atoms with van der Waals surface area (Å²) < 4.78 is 5.76. The third kappa shape index (κ3) is 2.00. The lowest BCUT2D eigenvalue weighted by Crippen LogP contribution is -1.90. The monoisotopic (exact) mass is 257 g/mol. The van der Waals surface area contributed by atoms with Crippen molar-refractivity contribution in [2.45, 2.75) is 6.92 Å². The molecule has 2 N–H and O–H groups in total. The highest BCUT2D eigenvalue weighted by Gasteiger charge is 2.08. The van der Waals surface area contributed by atoms with Crippen molar-refractivity contribution in [1.29, 1.82) is 0 Å². The van der Waals surface area contributed by atoms with Gasteiger partial charge in [0.25, 0.3) is 0 Å². The quantitative estimate of drug-likeness (QED) is 0.715. The minimum atomic E-state index is 0.565. The van der Waals surface area contributed by atoms with Gasteiger partial charge in [-0.3, -0.25) is 0 Å². The average Bonchev–Trinajstić information content (AvgIpc) is 2.71. The van der Waals surface area contributed by atoms with Crippen LogP contribution in [-0.4, -0.2) is 9.97 Å². The van der Waals surface area contributed by atoms with Gasteiger partial charge in [0.15, 0.2) is 0 Å². The molecule has 3 rings (SSSR count). The molecule has 4 nitrogen and oxygen atoms in total. The number of nitrogens with zero attached hydrogens (tertiary/aromatic N) is 2. The maximum Gasteiger partial charge on any atom is 0.231 e. The van der Waals surface area contributed by atoms with E-state index < -0.39 is 0 Å². The number of nitrogens with two attached hydrogens (primary N) is 1. The second-order valence-electron chi connectivity index (χ2n) is 3.93. The number of rotatable bonds is 2. The number of nitrogen functional groups attached to an aromatic ring is 1. The van der Waals surface area contributed by atoms with Gasteiger partial charge in [0.05, 0.1) is 5.39 Å². The van der Waals surface area contributed by atoms with Crippen LogP contribution < -0.4 is 10.5 Å². The molecular formula is C13H11N3OS. The number of aryl methyl sites for hydroxylation is 1. The van der Waals surface area contributed by atoms with E-state index in [0.29, 0.717) is 17.3 Å². The van der Waals surface area contributed by atoms with Gasteiger partial charge in [-0.15, -0.1) is 11.3 Å². The first-order valence-electron chi connectivity index (χ1n) is 5.47. The molecule has 90 valence electrons. The van der Waals surface area contributed by atoms with E-state index in [1.165, 1.54) is 11.2 Å². The number of ether oxygens (including phenoxy) is 1. The normalized spacial score (nSPS) is 10.7. The smallest absolute Gasteiger partial charge is 0.231 e. The SMILES string of the molecule is Cc1cc2c(Oc3cccc(N)c3)ncnc2s1. The number of hydrogen-bond donors (Lipinski definition) is 1. The molecule has 0 saturated heterocycles. The highest BCUT2D eigenvalue weighted by atomic mass is 32.1. The van der Waals surface area contributed by atoms with Gasteiger partial charge in [0, 0.05) is 16.6 Å². The van der Waals surface area contributed by atoms with Crippen LogP contribution in [0.5, 0.6) is 11.6 Å². The minimum Gasteiger partial charge on any atom is -0.438 e. The Bertz CT molecular complexity index is 708. The van der Waals surface area contributed by atoms with Crippen molar-refractivity contribution >= 4 is 27.2 Å². The summed E-state index contributed by atoms with van der Waals surface area (Å²) in [6.45, 7) is 2.04. The number of hydrogen-bond acceptors (Lipinski definition) is 5. The maximum atomic E-state index is 5.76. The number of thiophene rings is 1. The summed E-state index contributed by atoms with van der Waals surface area (Å²) in [5, 5.41) is 0.933. The molecule has 0 aliphatic heterocycles. The highest BCUT2D eigenvalue weighted by Crippen LogP contribution is 2.31. The Morgan fingerprint density at radius 1 is 1.22 bits per heavy atom. The molecule has 18 heavy (non-hydrogen) atoms. The molecule has 2 aromatic heterocycles. The molecule has 0 aliphatic rings. The van der Waals surface area contributed by atoms with Crippen LogP contribution in [0.25, 0.3) is 10.2 Å². The first-order chi connectivity index (χ1) is 8.72. The number of anilines is 1. The van der Waals surface area contributed by atoms with Crippen LogP contribution in [0.2, 0.25) is 0 Å². The summed E-state index contributed by atoms with van der Waals surface area (Å²) in [5.74, 6) is 1.24. The Kier molecular flexibility index (Phi) is 2.60. The summed E-state index contributed by atoms with van der Waals surface area (Å²) in [6.07, 6.45) is 1.51. The molecule has 0 fully saturated rings. The summed E-state index contributed by atoms with van der Waals surface area (Å²) >= 11 is 1.62. The fourth-order valence-electron chi connectivity index (χ4n) is 1.73. The van der Waals surface area contributed by atoms with Crippen LogP contribution in [-0.2, 0) is 0 Å². The maximum absolute atomic E-state index is 5.76. The standard InChI is InChI=1S/C13H11N3OS/c1-8-5-11-12(15-7-16-13(11)18-8)17-10-4-2-3-9(14)6-10/h2-7H,14H2,1H3. The van der Waals surface area contributed by atoms with E-state index in [4.69, 9.17) is 10.5 Å². The molecule has 0 amide bonds. The first-order valence-corrected chi connectivity index (χ1v) is 6.28. The van der Waals surface area contributed by atoms with Gasteiger partial charge in [-0.05, 0) is 25.1 Å². The van der Waals surface area contributed by atoms with Gasteiger partial charge in [-0.1, -0.05) is 6.07 Å².